The molecule has 1 aromatic carbocycles. The van der Waals surface area contributed by atoms with Crippen LogP contribution >= 0.6 is 0 Å². The van der Waals surface area contributed by atoms with Gasteiger partial charge in [-0.25, -0.2) is 0 Å². The normalized spacial score (nSPS) is 15.3. The molecular formula is C16H21N3O. The monoisotopic (exact) mass is 271 g/mol. The van der Waals surface area contributed by atoms with E-state index in [1.807, 2.05) is 17.9 Å². The van der Waals surface area contributed by atoms with E-state index >= 15 is 0 Å². The van der Waals surface area contributed by atoms with E-state index in [0.717, 1.165) is 26.2 Å². The third-order valence-electron chi connectivity index (χ3n) is 3.83. The number of benzene rings is 1. The maximum atomic E-state index is 5.51. The van der Waals surface area contributed by atoms with Crippen molar-refractivity contribution in [2.75, 3.05) is 6.54 Å². The van der Waals surface area contributed by atoms with Gasteiger partial charge in [0, 0.05) is 13.2 Å². The summed E-state index contributed by atoms with van der Waals surface area (Å²) in [7, 11) is 1.99. The first-order valence-electron chi connectivity index (χ1n) is 7.20. The molecule has 1 N–H and O–H groups in total. The minimum atomic E-state index is 0.188. The topological polar surface area (TPSA) is 39.1 Å². The Kier molecular flexibility index (Phi) is 3.85. The Bertz CT molecular complexity index is 591. The predicted molar refractivity (Wildman–Crippen MR) is 78.3 cm³/mol. The number of hydrogen-bond donors (Lipinski definition) is 1. The van der Waals surface area contributed by atoms with Crippen molar-refractivity contribution in [3.63, 3.8) is 0 Å². The van der Waals surface area contributed by atoms with E-state index in [-0.39, 0.29) is 6.04 Å². The maximum absolute atomic E-state index is 5.51. The van der Waals surface area contributed by atoms with E-state index in [4.69, 9.17) is 4.74 Å². The zero-order chi connectivity index (χ0) is 13.9. The molecule has 20 heavy (non-hydrogen) atoms. The van der Waals surface area contributed by atoms with Crippen LogP contribution in [0.25, 0.3) is 0 Å². The molecule has 0 aliphatic carbocycles. The minimum Gasteiger partial charge on any atom is -0.372 e. The number of fused-ring (bicyclic) bond motifs is 1. The standard InChI is InChI=1S/C16H21N3O/c1-3-7-17-16(15-6-8-18-19(15)2)12-4-5-13-10-20-11-14(13)9-12/h4-6,8-9,16-17H,3,7,10-11H2,1-2H3. The third kappa shape index (κ3) is 2.49. The third-order valence-corrected chi connectivity index (χ3v) is 3.83. The SMILES string of the molecule is CCCNC(c1ccc2c(c1)COC2)c1ccnn1C. The van der Waals surface area contributed by atoms with Gasteiger partial charge in [-0.05, 0) is 35.7 Å². The number of nitrogens with one attached hydrogen (secondary N) is 1. The van der Waals surface area contributed by atoms with Crippen LogP contribution in [0.4, 0.5) is 0 Å². The summed E-state index contributed by atoms with van der Waals surface area (Å²) in [4.78, 5) is 0. The van der Waals surface area contributed by atoms with Gasteiger partial charge in [0.15, 0.2) is 0 Å². The molecule has 2 heterocycles. The molecule has 0 amide bonds. The Hall–Kier alpha value is -1.65. The second-order valence-corrected chi connectivity index (χ2v) is 5.29. The number of nitrogens with zero attached hydrogens (tertiary/aromatic N) is 2. The summed E-state index contributed by atoms with van der Waals surface area (Å²) in [6.07, 6.45) is 2.97. The molecule has 0 spiro atoms. The molecule has 4 nitrogen and oxygen atoms in total. The summed E-state index contributed by atoms with van der Waals surface area (Å²) in [6.45, 7) is 4.65. The fraction of sp³-hybridized carbons (Fsp3) is 0.438. The zero-order valence-electron chi connectivity index (χ0n) is 12.1. The highest BCUT2D eigenvalue weighted by molar-refractivity contribution is 5.37. The summed E-state index contributed by atoms with van der Waals surface area (Å²) in [5.74, 6) is 0. The van der Waals surface area contributed by atoms with Crippen LogP contribution in [-0.2, 0) is 25.0 Å². The van der Waals surface area contributed by atoms with Crippen molar-refractivity contribution in [1.29, 1.82) is 0 Å². The quantitative estimate of drug-likeness (QED) is 0.908. The summed E-state index contributed by atoms with van der Waals surface area (Å²) in [5.41, 5.74) is 5.10. The first-order valence-corrected chi connectivity index (χ1v) is 7.20. The predicted octanol–water partition coefficient (Wildman–Crippen LogP) is 2.54. The van der Waals surface area contributed by atoms with Gasteiger partial charge in [-0.15, -0.1) is 0 Å². The van der Waals surface area contributed by atoms with Crippen molar-refractivity contribution in [3.05, 3.63) is 52.8 Å². The molecule has 4 heteroatoms. The lowest BCUT2D eigenvalue weighted by molar-refractivity contribution is 0.134. The zero-order valence-corrected chi connectivity index (χ0v) is 12.1. The molecule has 0 saturated carbocycles. The van der Waals surface area contributed by atoms with Crippen molar-refractivity contribution in [2.24, 2.45) is 7.05 Å². The van der Waals surface area contributed by atoms with Crippen LogP contribution in [0.3, 0.4) is 0 Å². The first kappa shape index (κ1) is 13.3. The fourth-order valence-corrected chi connectivity index (χ4v) is 2.72. The molecule has 0 radical (unpaired) electrons. The maximum Gasteiger partial charge on any atom is 0.0748 e. The average molecular weight is 271 g/mol. The molecule has 1 aromatic heterocycles. The second kappa shape index (κ2) is 5.77. The van der Waals surface area contributed by atoms with Crippen LogP contribution < -0.4 is 5.32 Å². The molecule has 1 atom stereocenters. The van der Waals surface area contributed by atoms with E-state index in [2.05, 4.69) is 41.6 Å². The molecule has 0 fully saturated rings. The highest BCUT2D eigenvalue weighted by Gasteiger charge is 2.19. The van der Waals surface area contributed by atoms with E-state index in [1.54, 1.807) is 0 Å². The van der Waals surface area contributed by atoms with Gasteiger partial charge in [-0.3, -0.25) is 4.68 Å². The van der Waals surface area contributed by atoms with Gasteiger partial charge in [0.1, 0.15) is 0 Å². The molecule has 106 valence electrons. The van der Waals surface area contributed by atoms with Crippen LogP contribution in [0, 0.1) is 0 Å². The smallest absolute Gasteiger partial charge is 0.0748 e. The van der Waals surface area contributed by atoms with Crippen molar-refractivity contribution >= 4 is 0 Å². The van der Waals surface area contributed by atoms with Crippen molar-refractivity contribution < 1.29 is 4.74 Å². The molecule has 2 aromatic rings. The Morgan fingerprint density at radius 3 is 2.90 bits per heavy atom. The lowest BCUT2D eigenvalue weighted by Gasteiger charge is -2.20. The Morgan fingerprint density at radius 1 is 1.30 bits per heavy atom. The molecule has 3 rings (SSSR count). The van der Waals surface area contributed by atoms with Gasteiger partial charge in [-0.2, -0.15) is 5.10 Å². The van der Waals surface area contributed by atoms with Gasteiger partial charge in [0.05, 0.1) is 24.9 Å². The molecule has 0 saturated heterocycles. The number of aromatic nitrogens is 2. The van der Waals surface area contributed by atoms with Crippen molar-refractivity contribution in [2.45, 2.75) is 32.6 Å². The van der Waals surface area contributed by atoms with E-state index < -0.39 is 0 Å². The van der Waals surface area contributed by atoms with Crippen LogP contribution in [-0.4, -0.2) is 16.3 Å². The number of aryl methyl sites for hydroxylation is 1. The van der Waals surface area contributed by atoms with Gasteiger partial charge in [0.2, 0.25) is 0 Å². The average Bonchev–Trinajstić information content (AvgIpc) is 3.08. The summed E-state index contributed by atoms with van der Waals surface area (Å²) in [5, 5.41) is 7.91. The van der Waals surface area contributed by atoms with Gasteiger partial charge >= 0.3 is 0 Å². The molecule has 1 unspecified atom stereocenters. The van der Waals surface area contributed by atoms with E-state index in [1.165, 1.54) is 22.4 Å². The Morgan fingerprint density at radius 2 is 2.15 bits per heavy atom. The van der Waals surface area contributed by atoms with Gasteiger partial charge in [0.25, 0.3) is 0 Å². The van der Waals surface area contributed by atoms with Crippen LogP contribution in [0.2, 0.25) is 0 Å². The Labute approximate surface area is 119 Å². The van der Waals surface area contributed by atoms with Gasteiger partial charge < -0.3 is 10.1 Å². The number of ether oxygens (including phenoxy) is 1. The van der Waals surface area contributed by atoms with Crippen LogP contribution in [0.1, 0.15) is 41.8 Å². The largest absolute Gasteiger partial charge is 0.372 e. The van der Waals surface area contributed by atoms with Crippen LogP contribution in [0.5, 0.6) is 0 Å². The number of rotatable bonds is 5. The summed E-state index contributed by atoms with van der Waals surface area (Å²) >= 11 is 0. The van der Waals surface area contributed by atoms with E-state index in [9.17, 15) is 0 Å². The lowest BCUT2D eigenvalue weighted by atomic mass is 9.99. The summed E-state index contributed by atoms with van der Waals surface area (Å²) < 4.78 is 7.45. The second-order valence-electron chi connectivity index (χ2n) is 5.29. The highest BCUT2D eigenvalue weighted by atomic mass is 16.5. The Balaban J connectivity index is 1.94. The molecule has 1 aliphatic rings. The minimum absolute atomic E-state index is 0.188. The van der Waals surface area contributed by atoms with Crippen molar-refractivity contribution in [3.8, 4) is 0 Å². The molecular weight excluding hydrogens is 250 g/mol. The van der Waals surface area contributed by atoms with E-state index in [0.29, 0.717) is 0 Å². The molecule has 0 bridgehead atoms. The molecule has 1 aliphatic heterocycles. The van der Waals surface area contributed by atoms with Crippen molar-refractivity contribution in [1.82, 2.24) is 15.1 Å². The first-order chi connectivity index (χ1) is 9.79. The highest BCUT2D eigenvalue weighted by Crippen LogP contribution is 2.27. The van der Waals surface area contributed by atoms with Crippen LogP contribution in [0.15, 0.2) is 30.5 Å². The van der Waals surface area contributed by atoms with Gasteiger partial charge in [-0.1, -0.05) is 25.1 Å². The fourth-order valence-electron chi connectivity index (χ4n) is 2.72. The summed E-state index contributed by atoms with van der Waals surface area (Å²) in [6, 6.07) is 8.93. The number of hydrogen-bond acceptors (Lipinski definition) is 3. The lowest BCUT2D eigenvalue weighted by Crippen LogP contribution is -2.25.